The van der Waals surface area contributed by atoms with E-state index < -0.39 is 0 Å². The van der Waals surface area contributed by atoms with Crippen molar-refractivity contribution in [3.63, 3.8) is 0 Å². The number of hydrogen-bond donors (Lipinski definition) is 0. The van der Waals surface area contributed by atoms with Gasteiger partial charge < -0.3 is 4.90 Å². The molecule has 146 valence electrons. The molecule has 0 bridgehead atoms. The summed E-state index contributed by atoms with van der Waals surface area (Å²) in [5.41, 5.74) is 3.59. The Morgan fingerprint density at radius 1 is 1.14 bits per heavy atom. The maximum absolute atomic E-state index is 12.8. The number of carbonyl (C=O) groups excluding carboxylic acids is 2. The smallest absolute Gasteiger partial charge is 0.251 e. The highest BCUT2D eigenvalue weighted by molar-refractivity contribution is 7.14. The standard InChI is InChI=1S/C23H21N3O2S/c1-16-14-18-8-6-7-11-21(18)25(16)22(28)13-12-19-15-29-23(24-19)26(17(2)27)20-9-4-3-5-10-20/h3-13,15-16H,14H2,1-2H3/b13-12+. The minimum Gasteiger partial charge on any atom is -0.305 e. The molecular weight excluding hydrogens is 382 g/mol. The van der Waals surface area contributed by atoms with Gasteiger partial charge in [-0.25, -0.2) is 4.98 Å². The summed E-state index contributed by atoms with van der Waals surface area (Å²) in [5, 5.41) is 2.43. The first kappa shape index (κ1) is 19.1. The van der Waals surface area contributed by atoms with Gasteiger partial charge in [0, 0.05) is 30.1 Å². The number of fused-ring (bicyclic) bond motifs is 1. The van der Waals surface area contributed by atoms with Crippen LogP contribution < -0.4 is 9.80 Å². The Bertz CT molecular complexity index is 1070. The number of amides is 2. The molecule has 2 amide bonds. The van der Waals surface area contributed by atoms with E-state index in [1.165, 1.54) is 23.8 Å². The van der Waals surface area contributed by atoms with Crippen LogP contribution in [0.5, 0.6) is 0 Å². The van der Waals surface area contributed by atoms with E-state index in [0.29, 0.717) is 10.8 Å². The summed E-state index contributed by atoms with van der Waals surface area (Å²) < 4.78 is 0. The summed E-state index contributed by atoms with van der Waals surface area (Å²) in [6, 6.07) is 17.5. The molecule has 1 aliphatic heterocycles. The van der Waals surface area contributed by atoms with Crippen molar-refractivity contribution in [1.29, 1.82) is 0 Å². The Balaban J connectivity index is 1.54. The van der Waals surface area contributed by atoms with E-state index in [9.17, 15) is 9.59 Å². The van der Waals surface area contributed by atoms with Crippen molar-refractivity contribution < 1.29 is 9.59 Å². The van der Waals surface area contributed by atoms with Gasteiger partial charge in [-0.05, 0) is 43.2 Å². The Morgan fingerprint density at radius 3 is 2.62 bits per heavy atom. The molecule has 1 atom stereocenters. The number of nitrogens with zero attached hydrogens (tertiary/aromatic N) is 3. The number of benzene rings is 2. The molecule has 0 fully saturated rings. The van der Waals surface area contributed by atoms with Crippen molar-refractivity contribution in [2.45, 2.75) is 26.3 Å². The number of anilines is 3. The number of aromatic nitrogens is 1. The van der Waals surface area contributed by atoms with E-state index in [0.717, 1.165) is 17.8 Å². The Hall–Kier alpha value is -3.25. The zero-order valence-corrected chi connectivity index (χ0v) is 17.1. The van der Waals surface area contributed by atoms with Crippen LogP contribution in [0.1, 0.15) is 25.1 Å². The van der Waals surface area contributed by atoms with Gasteiger partial charge in [-0.1, -0.05) is 36.4 Å². The first-order valence-corrected chi connectivity index (χ1v) is 10.3. The van der Waals surface area contributed by atoms with E-state index in [-0.39, 0.29) is 17.9 Å². The van der Waals surface area contributed by atoms with Crippen LogP contribution >= 0.6 is 11.3 Å². The average molecular weight is 404 g/mol. The Labute approximate surface area is 173 Å². The van der Waals surface area contributed by atoms with Crippen LogP contribution in [0.15, 0.2) is 66.1 Å². The van der Waals surface area contributed by atoms with Crippen molar-refractivity contribution in [1.82, 2.24) is 4.98 Å². The molecule has 0 spiro atoms. The lowest BCUT2D eigenvalue weighted by atomic mass is 10.1. The maximum atomic E-state index is 12.8. The highest BCUT2D eigenvalue weighted by atomic mass is 32.1. The largest absolute Gasteiger partial charge is 0.305 e. The van der Waals surface area contributed by atoms with Crippen LogP contribution in [-0.2, 0) is 16.0 Å². The highest BCUT2D eigenvalue weighted by Gasteiger charge is 2.29. The SMILES string of the molecule is CC(=O)N(c1ccccc1)c1nc(/C=C/C(=O)N2c3ccccc3CC2C)cs1. The molecular formula is C23H21N3O2S. The molecule has 3 aromatic rings. The zero-order valence-electron chi connectivity index (χ0n) is 16.3. The van der Waals surface area contributed by atoms with E-state index in [2.05, 4.69) is 18.0 Å². The quantitative estimate of drug-likeness (QED) is 0.587. The van der Waals surface area contributed by atoms with E-state index >= 15 is 0 Å². The lowest BCUT2D eigenvalue weighted by Crippen LogP contribution is -2.34. The van der Waals surface area contributed by atoms with Gasteiger partial charge in [0.15, 0.2) is 5.13 Å². The zero-order chi connectivity index (χ0) is 20.4. The molecule has 0 radical (unpaired) electrons. The van der Waals surface area contributed by atoms with Gasteiger partial charge in [-0.3, -0.25) is 14.5 Å². The van der Waals surface area contributed by atoms with Gasteiger partial charge in [0.1, 0.15) is 0 Å². The fraction of sp³-hybridized carbons (Fsp3) is 0.174. The molecule has 2 aromatic carbocycles. The fourth-order valence-corrected chi connectivity index (χ4v) is 4.45. The van der Waals surface area contributed by atoms with Crippen LogP contribution in [0.2, 0.25) is 0 Å². The van der Waals surface area contributed by atoms with Gasteiger partial charge in [-0.2, -0.15) is 0 Å². The van der Waals surface area contributed by atoms with Gasteiger partial charge >= 0.3 is 0 Å². The molecule has 29 heavy (non-hydrogen) atoms. The fourth-order valence-electron chi connectivity index (χ4n) is 3.60. The third kappa shape index (κ3) is 3.84. The second kappa shape index (κ2) is 8.01. The minimum absolute atomic E-state index is 0.0662. The number of para-hydroxylation sites is 2. The molecule has 0 saturated carbocycles. The average Bonchev–Trinajstić information content (AvgIpc) is 3.30. The van der Waals surface area contributed by atoms with Crippen LogP contribution in [0.25, 0.3) is 6.08 Å². The molecule has 1 aromatic heterocycles. The van der Waals surface area contributed by atoms with Crippen molar-refractivity contribution in [2.24, 2.45) is 0 Å². The van der Waals surface area contributed by atoms with Crippen molar-refractivity contribution >= 4 is 45.7 Å². The Kier molecular flexibility index (Phi) is 5.27. The summed E-state index contributed by atoms with van der Waals surface area (Å²) in [6.07, 6.45) is 4.12. The monoisotopic (exact) mass is 403 g/mol. The predicted octanol–water partition coefficient (Wildman–Crippen LogP) is 4.82. The molecule has 0 aliphatic carbocycles. The van der Waals surface area contributed by atoms with Gasteiger partial charge in [0.2, 0.25) is 5.91 Å². The van der Waals surface area contributed by atoms with Gasteiger partial charge in [-0.15, -0.1) is 11.3 Å². The number of thiazole rings is 1. The first-order chi connectivity index (χ1) is 14.0. The van der Waals surface area contributed by atoms with E-state index in [1.807, 2.05) is 58.8 Å². The lowest BCUT2D eigenvalue weighted by Gasteiger charge is -2.20. The summed E-state index contributed by atoms with van der Waals surface area (Å²) in [7, 11) is 0. The predicted molar refractivity (Wildman–Crippen MR) is 118 cm³/mol. The molecule has 4 rings (SSSR count). The lowest BCUT2D eigenvalue weighted by molar-refractivity contribution is -0.116. The number of hydrogen-bond acceptors (Lipinski definition) is 4. The molecule has 6 heteroatoms. The topological polar surface area (TPSA) is 53.5 Å². The van der Waals surface area contributed by atoms with Crippen LogP contribution in [0, 0.1) is 0 Å². The maximum Gasteiger partial charge on any atom is 0.251 e. The third-order valence-electron chi connectivity index (χ3n) is 4.87. The number of carbonyl (C=O) groups is 2. The molecule has 5 nitrogen and oxygen atoms in total. The molecule has 0 saturated heterocycles. The molecule has 1 aliphatic rings. The second-order valence-corrected chi connectivity index (χ2v) is 7.80. The summed E-state index contributed by atoms with van der Waals surface area (Å²) in [4.78, 5) is 32.9. The third-order valence-corrected chi connectivity index (χ3v) is 5.72. The van der Waals surface area contributed by atoms with Crippen molar-refractivity contribution in [3.05, 3.63) is 77.3 Å². The minimum atomic E-state index is -0.111. The van der Waals surface area contributed by atoms with Crippen molar-refractivity contribution in [2.75, 3.05) is 9.80 Å². The second-order valence-electron chi connectivity index (χ2n) is 6.97. The molecule has 1 unspecified atom stereocenters. The Morgan fingerprint density at radius 2 is 1.86 bits per heavy atom. The summed E-state index contributed by atoms with van der Waals surface area (Å²) >= 11 is 1.37. The van der Waals surface area contributed by atoms with Crippen molar-refractivity contribution in [3.8, 4) is 0 Å². The summed E-state index contributed by atoms with van der Waals surface area (Å²) in [5.74, 6) is -0.178. The van der Waals surface area contributed by atoms with E-state index in [1.54, 1.807) is 17.1 Å². The van der Waals surface area contributed by atoms with Crippen LogP contribution in [0.4, 0.5) is 16.5 Å². The highest BCUT2D eigenvalue weighted by Crippen LogP contribution is 2.32. The summed E-state index contributed by atoms with van der Waals surface area (Å²) in [6.45, 7) is 3.57. The number of rotatable bonds is 4. The van der Waals surface area contributed by atoms with Crippen LogP contribution in [0.3, 0.4) is 0 Å². The molecule has 0 N–H and O–H groups in total. The van der Waals surface area contributed by atoms with Crippen LogP contribution in [-0.4, -0.2) is 22.8 Å². The van der Waals surface area contributed by atoms with E-state index in [4.69, 9.17) is 0 Å². The van der Waals surface area contributed by atoms with Gasteiger partial charge in [0.25, 0.3) is 5.91 Å². The normalized spacial score (nSPS) is 15.5. The first-order valence-electron chi connectivity index (χ1n) is 9.45. The van der Waals surface area contributed by atoms with Gasteiger partial charge in [0.05, 0.1) is 11.4 Å². The molecule has 2 heterocycles.